The molecule has 7 nitrogen and oxygen atoms in total. The van der Waals surface area contributed by atoms with Gasteiger partial charge in [0, 0.05) is 29.7 Å². The molecule has 3 fully saturated rings. The van der Waals surface area contributed by atoms with Gasteiger partial charge in [-0.2, -0.15) is 0 Å². The van der Waals surface area contributed by atoms with Crippen LogP contribution in [0.25, 0.3) is 21.5 Å². The molecule has 2 saturated heterocycles. The molecular formula is C27H27ClN4O3S. The van der Waals surface area contributed by atoms with Gasteiger partial charge < -0.3 is 4.90 Å². The van der Waals surface area contributed by atoms with Crippen molar-refractivity contribution in [3.63, 3.8) is 0 Å². The van der Waals surface area contributed by atoms with Crippen molar-refractivity contribution in [2.45, 2.75) is 46.6 Å². The smallest absolute Gasteiger partial charge is 0.256 e. The molecule has 36 heavy (non-hydrogen) atoms. The van der Waals surface area contributed by atoms with Gasteiger partial charge in [-0.3, -0.25) is 24.3 Å². The van der Waals surface area contributed by atoms with Crippen LogP contribution in [-0.4, -0.2) is 50.6 Å². The molecule has 1 saturated carbocycles. The Labute approximate surface area is 218 Å². The van der Waals surface area contributed by atoms with Crippen LogP contribution in [0.2, 0.25) is 5.15 Å². The van der Waals surface area contributed by atoms with Crippen molar-refractivity contribution in [2.75, 3.05) is 13.1 Å². The summed E-state index contributed by atoms with van der Waals surface area (Å²) in [5, 5.41) is 0.328. The second-order valence-electron chi connectivity index (χ2n) is 10.7. The normalized spacial score (nSPS) is 22.9. The molecule has 6 rings (SSSR count). The fourth-order valence-electron chi connectivity index (χ4n) is 5.92. The number of aromatic nitrogens is 2. The van der Waals surface area contributed by atoms with Gasteiger partial charge in [0.25, 0.3) is 5.91 Å². The Bertz CT molecular complexity index is 1420. The van der Waals surface area contributed by atoms with Crippen LogP contribution in [0, 0.1) is 24.2 Å². The Morgan fingerprint density at radius 1 is 1.14 bits per heavy atom. The summed E-state index contributed by atoms with van der Waals surface area (Å²) in [7, 11) is 0. The lowest BCUT2D eigenvalue weighted by Crippen LogP contribution is -2.36. The number of thiophene rings is 1. The zero-order valence-electron chi connectivity index (χ0n) is 20.5. The lowest BCUT2D eigenvalue weighted by Gasteiger charge is -2.28. The topological polar surface area (TPSA) is 83.5 Å². The number of fused-ring (bicyclic) bond motifs is 2. The number of rotatable bonds is 4. The maximum atomic E-state index is 13.6. The van der Waals surface area contributed by atoms with Crippen molar-refractivity contribution in [3.05, 3.63) is 45.6 Å². The number of halogens is 1. The van der Waals surface area contributed by atoms with Crippen LogP contribution < -0.4 is 0 Å². The van der Waals surface area contributed by atoms with E-state index in [-0.39, 0.29) is 41.5 Å². The summed E-state index contributed by atoms with van der Waals surface area (Å²) in [6.07, 6.45) is 4.84. The molecule has 2 unspecified atom stereocenters. The number of carbonyl (C=O) groups is 3. The highest BCUT2D eigenvalue weighted by atomic mass is 35.5. The first-order valence-electron chi connectivity index (χ1n) is 12.4. The molecule has 0 spiro atoms. The molecule has 3 aromatic rings. The minimum atomic E-state index is -0.229. The molecular weight excluding hydrogens is 496 g/mol. The molecule has 5 heterocycles. The quantitative estimate of drug-likeness (QED) is 0.352. The first-order valence-corrected chi connectivity index (χ1v) is 13.6. The molecule has 3 aromatic heterocycles. The standard InChI is InChI=1S/C27H27ClN4O3S/c1-14-11-18(28)30-22(19(14)24(33)31-9-5-4-6-10-31)16-7-8-29-17-12-15(36-23(16)17)13-32-25(34)20-21(26(32)35)27(20,2)3/h7-8,11-12,20-21H,4-6,9-10,13H2,1-3H3. The maximum absolute atomic E-state index is 13.6. The monoisotopic (exact) mass is 522 g/mol. The molecule has 186 valence electrons. The number of amides is 3. The molecule has 2 atom stereocenters. The Balaban J connectivity index is 1.38. The van der Waals surface area contributed by atoms with E-state index in [9.17, 15) is 14.4 Å². The van der Waals surface area contributed by atoms with Crippen LogP contribution in [0.1, 0.15) is 53.9 Å². The first-order chi connectivity index (χ1) is 17.2. The van der Waals surface area contributed by atoms with Crippen molar-refractivity contribution >= 4 is 50.9 Å². The van der Waals surface area contributed by atoms with Gasteiger partial charge in [-0.05, 0) is 55.4 Å². The van der Waals surface area contributed by atoms with Crippen molar-refractivity contribution in [3.8, 4) is 11.3 Å². The van der Waals surface area contributed by atoms with Crippen molar-refractivity contribution < 1.29 is 14.4 Å². The minimum absolute atomic E-state index is 0.0248. The zero-order valence-corrected chi connectivity index (χ0v) is 22.1. The highest BCUT2D eigenvalue weighted by molar-refractivity contribution is 7.19. The zero-order chi connectivity index (χ0) is 25.4. The van der Waals surface area contributed by atoms with E-state index in [1.54, 1.807) is 12.3 Å². The van der Waals surface area contributed by atoms with E-state index in [1.807, 2.05) is 37.8 Å². The largest absolute Gasteiger partial charge is 0.339 e. The molecule has 9 heteroatoms. The Kier molecular flexibility index (Phi) is 5.46. The van der Waals surface area contributed by atoms with Crippen LogP contribution in [-0.2, 0) is 16.1 Å². The first kappa shape index (κ1) is 23.6. The predicted molar refractivity (Wildman–Crippen MR) is 139 cm³/mol. The molecule has 0 bridgehead atoms. The molecule has 3 amide bonds. The highest BCUT2D eigenvalue weighted by Crippen LogP contribution is 2.63. The average molecular weight is 523 g/mol. The SMILES string of the molecule is Cc1cc(Cl)nc(-c2ccnc3cc(CN4C(=O)C5C(C4=O)C5(C)C)sc23)c1C(=O)N1CCCCC1. The minimum Gasteiger partial charge on any atom is -0.339 e. The van der Waals surface area contributed by atoms with Crippen molar-refractivity contribution in [1.29, 1.82) is 0 Å². The maximum Gasteiger partial charge on any atom is 0.256 e. The van der Waals surface area contributed by atoms with E-state index < -0.39 is 0 Å². The van der Waals surface area contributed by atoms with Gasteiger partial charge in [0.2, 0.25) is 11.8 Å². The average Bonchev–Trinajstić information content (AvgIpc) is 3.10. The van der Waals surface area contributed by atoms with E-state index in [4.69, 9.17) is 11.6 Å². The van der Waals surface area contributed by atoms with Crippen molar-refractivity contribution in [1.82, 2.24) is 19.8 Å². The second kappa shape index (κ2) is 8.35. The molecule has 3 aliphatic rings. The van der Waals surface area contributed by atoms with Crippen LogP contribution in [0.4, 0.5) is 0 Å². The lowest BCUT2D eigenvalue weighted by molar-refractivity contribution is -0.143. The third kappa shape index (κ3) is 3.57. The van der Waals surface area contributed by atoms with Gasteiger partial charge in [-0.15, -0.1) is 11.3 Å². The summed E-state index contributed by atoms with van der Waals surface area (Å²) in [6, 6.07) is 5.51. The van der Waals surface area contributed by atoms with E-state index in [2.05, 4.69) is 9.97 Å². The third-order valence-electron chi connectivity index (χ3n) is 7.97. The molecule has 1 aliphatic carbocycles. The molecule has 2 aliphatic heterocycles. The van der Waals surface area contributed by atoms with Gasteiger partial charge in [-0.25, -0.2) is 4.98 Å². The van der Waals surface area contributed by atoms with Gasteiger partial charge in [0.15, 0.2) is 0 Å². The van der Waals surface area contributed by atoms with E-state index >= 15 is 0 Å². The van der Waals surface area contributed by atoms with Gasteiger partial charge in [0.05, 0.1) is 39.9 Å². The number of nitrogens with zero attached hydrogens (tertiary/aromatic N) is 4. The third-order valence-corrected chi connectivity index (χ3v) is 9.30. The lowest BCUT2D eigenvalue weighted by atomic mass is 9.99. The Morgan fingerprint density at radius 2 is 1.83 bits per heavy atom. The fraction of sp³-hybridized carbons (Fsp3) is 0.444. The highest BCUT2D eigenvalue weighted by Gasteiger charge is 2.72. The van der Waals surface area contributed by atoms with Crippen LogP contribution >= 0.6 is 22.9 Å². The number of piperidine rings is 2. The van der Waals surface area contributed by atoms with E-state index in [0.717, 1.165) is 58.6 Å². The molecule has 0 N–H and O–H groups in total. The summed E-state index contributed by atoms with van der Waals surface area (Å²) >= 11 is 7.85. The number of hydrogen-bond acceptors (Lipinski definition) is 6. The number of likely N-dealkylation sites (tertiary alicyclic amines) is 2. The Hall–Kier alpha value is -2.84. The summed E-state index contributed by atoms with van der Waals surface area (Å²) in [5.74, 6) is -0.585. The van der Waals surface area contributed by atoms with Crippen LogP contribution in [0.3, 0.4) is 0 Å². The van der Waals surface area contributed by atoms with E-state index in [1.165, 1.54) is 16.2 Å². The number of hydrogen-bond donors (Lipinski definition) is 0. The van der Waals surface area contributed by atoms with Gasteiger partial charge in [-0.1, -0.05) is 25.4 Å². The molecule has 0 radical (unpaired) electrons. The van der Waals surface area contributed by atoms with Gasteiger partial charge in [0.1, 0.15) is 5.15 Å². The Morgan fingerprint density at radius 3 is 2.53 bits per heavy atom. The molecule has 0 aromatic carbocycles. The van der Waals surface area contributed by atoms with Crippen LogP contribution in [0.15, 0.2) is 24.4 Å². The summed E-state index contributed by atoms with van der Waals surface area (Å²) in [4.78, 5) is 52.6. The summed E-state index contributed by atoms with van der Waals surface area (Å²) in [6.45, 7) is 7.58. The summed E-state index contributed by atoms with van der Waals surface area (Å²) in [5.41, 5.74) is 3.20. The number of imide groups is 1. The van der Waals surface area contributed by atoms with Crippen molar-refractivity contribution in [2.24, 2.45) is 17.3 Å². The van der Waals surface area contributed by atoms with Crippen LogP contribution in [0.5, 0.6) is 0 Å². The number of pyridine rings is 2. The second-order valence-corrected chi connectivity index (χ2v) is 12.2. The number of aryl methyl sites for hydroxylation is 1. The number of carbonyl (C=O) groups excluding carboxylic acids is 3. The predicted octanol–water partition coefficient (Wildman–Crippen LogP) is 5.09. The summed E-state index contributed by atoms with van der Waals surface area (Å²) < 4.78 is 0.860. The van der Waals surface area contributed by atoms with E-state index in [0.29, 0.717) is 16.4 Å². The fourth-order valence-corrected chi connectivity index (χ4v) is 7.29. The van der Waals surface area contributed by atoms with Gasteiger partial charge >= 0.3 is 0 Å².